The minimum atomic E-state index is -0.853. The molecule has 0 saturated heterocycles. The summed E-state index contributed by atoms with van der Waals surface area (Å²) in [5, 5.41) is 3.84. The maximum absolute atomic E-state index is 12.5. The van der Waals surface area contributed by atoms with Crippen LogP contribution in [0.15, 0.2) is 11.4 Å². The van der Waals surface area contributed by atoms with Crippen molar-refractivity contribution >= 4 is 28.4 Å². The van der Waals surface area contributed by atoms with Crippen LogP contribution in [0.5, 0.6) is 0 Å². The molecular weight excluding hydrogens is 221 g/mol. The smallest absolute Gasteiger partial charge is 0.376 e. The van der Waals surface area contributed by atoms with Gasteiger partial charge in [-0.1, -0.05) is 0 Å². The van der Waals surface area contributed by atoms with E-state index in [0.717, 1.165) is 30.2 Å². The molecule has 0 aromatic carbocycles. The molecule has 1 amide bonds. The molecule has 1 fully saturated rings. The number of amides is 1. The van der Waals surface area contributed by atoms with E-state index in [2.05, 4.69) is 10.1 Å². The largest absolute Gasteiger partial charge is 0.420 e. The second-order valence-electron chi connectivity index (χ2n) is 3.24. The van der Waals surface area contributed by atoms with E-state index in [4.69, 9.17) is 0 Å². The van der Waals surface area contributed by atoms with Gasteiger partial charge in [0, 0.05) is 11.4 Å². The Morgan fingerprint density at radius 2 is 2.27 bits per heavy atom. The first kappa shape index (κ1) is 10.1. The van der Waals surface area contributed by atoms with Crippen LogP contribution in [0.4, 0.5) is 14.2 Å². The third-order valence-corrected chi connectivity index (χ3v) is 2.71. The van der Waals surface area contributed by atoms with Gasteiger partial charge in [0.1, 0.15) is 10.8 Å². The molecule has 0 spiro atoms. The quantitative estimate of drug-likeness (QED) is 0.625. The van der Waals surface area contributed by atoms with Gasteiger partial charge in [0.05, 0.1) is 5.92 Å². The van der Waals surface area contributed by atoms with Gasteiger partial charge in [0.25, 0.3) is 0 Å². The second kappa shape index (κ2) is 3.98. The number of rotatable bonds is 2. The van der Waals surface area contributed by atoms with Crippen LogP contribution in [0.3, 0.4) is 0 Å². The zero-order valence-corrected chi connectivity index (χ0v) is 8.47. The van der Waals surface area contributed by atoms with Gasteiger partial charge < -0.3 is 4.74 Å². The van der Waals surface area contributed by atoms with Gasteiger partial charge in [-0.2, -0.15) is 0 Å². The lowest BCUT2D eigenvalue weighted by atomic mass is 10.4. The molecule has 80 valence electrons. The third-order valence-electron chi connectivity index (χ3n) is 1.90. The molecule has 6 heteroatoms. The highest BCUT2D eigenvalue weighted by Crippen LogP contribution is 2.30. The number of hydrogen-bond acceptors (Lipinski definition) is 4. The Bertz CT molecular complexity index is 400. The van der Waals surface area contributed by atoms with Crippen LogP contribution in [-0.4, -0.2) is 12.1 Å². The first-order valence-corrected chi connectivity index (χ1v) is 5.30. The first-order chi connectivity index (χ1) is 7.15. The number of esters is 1. The molecule has 1 aromatic rings. The van der Waals surface area contributed by atoms with Gasteiger partial charge in [0.2, 0.25) is 0 Å². The number of ether oxygens (including phenoxy) is 1. The summed E-state index contributed by atoms with van der Waals surface area (Å²) in [5.41, 5.74) is 0. The Morgan fingerprint density at radius 1 is 1.53 bits per heavy atom. The fraction of sp³-hybridized carbons (Fsp3) is 0.333. The minimum Gasteiger partial charge on any atom is -0.376 e. The maximum atomic E-state index is 12.5. The monoisotopic (exact) mass is 229 g/mol. The molecule has 0 radical (unpaired) electrons. The van der Waals surface area contributed by atoms with Gasteiger partial charge in [-0.15, -0.1) is 11.3 Å². The van der Waals surface area contributed by atoms with Gasteiger partial charge in [0.15, 0.2) is 0 Å². The number of anilines is 1. The first-order valence-electron chi connectivity index (χ1n) is 4.42. The highest BCUT2D eigenvalue weighted by Gasteiger charge is 2.32. The van der Waals surface area contributed by atoms with Gasteiger partial charge >= 0.3 is 12.1 Å². The van der Waals surface area contributed by atoms with Crippen molar-refractivity contribution in [3.05, 3.63) is 17.3 Å². The van der Waals surface area contributed by atoms with Crippen molar-refractivity contribution < 1.29 is 18.7 Å². The maximum Gasteiger partial charge on any atom is 0.420 e. The van der Waals surface area contributed by atoms with Crippen LogP contribution in [0.25, 0.3) is 0 Å². The van der Waals surface area contributed by atoms with Crippen LogP contribution >= 0.6 is 11.3 Å². The van der Waals surface area contributed by atoms with Gasteiger partial charge in [-0.05, 0) is 12.8 Å². The summed E-state index contributed by atoms with van der Waals surface area (Å²) < 4.78 is 17.0. The molecule has 1 aromatic heterocycles. The SMILES string of the molecule is O=C(Nc1cc(F)cs1)OC(=O)C1CC1. The Morgan fingerprint density at radius 3 is 2.80 bits per heavy atom. The number of hydrogen-bond donors (Lipinski definition) is 1. The minimum absolute atomic E-state index is 0.129. The lowest BCUT2D eigenvalue weighted by Gasteiger charge is -2.01. The molecule has 0 bridgehead atoms. The van der Waals surface area contributed by atoms with E-state index in [1.54, 1.807) is 0 Å². The van der Waals surface area contributed by atoms with E-state index in [0.29, 0.717) is 5.00 Å². The van der Waals surface area contributed by atoms with E-state index in [-0.39, 0.29) is 5.92 Å². The van der Waals surface area contributed by atoms with Gasteiger partial charge in [-0.3, -0.25) is 10.1 Å². The van der Waals surface area contributed by atoms with Crippen molar-refractivity contribution in [3.8, 4) is 0 Å². The molecule has 1 heterocycles. The Kier molecular flexibility index (Phi) is 2.68. The molecule has 0 aliphatic heterocycles. The molecule has 0 atom stereocenters. The molecule has 2 rings (SSSR count). The number of halogens is 1. The number of carbonyl (C=O) groups is 2. The van der Waals surface area contributed by atoms with E-state index in [1.165, 1.54) is 5.38 Å². The summed E-state index contributed by atoms with van der Waals surface area (Å²) >= 11 is 1.03. The van der Waals surface area contributed by atoms with E-state index >= 15 is 0 Å². The number of nitrogens with one attached hydrogen (secondary N) is 1. The average Bonchev–Trinajstić information content (AvgIpc) is 2.92. The van der Waals surface area contributed by atoms with Crippen molar-refractivity contribution in [1.82, 2.24) is 0 Å². The average molecular weight is 229 g/mol. The third kappa shape index (κ3) is 2.76. The molecular formula is C9H8FNO3S. The molecule has 0 unspecified atom stereocenters. The van der Waals surface area contributed by atoms with Crippen LogP contribution in [0.1, 0.15) is 12.8 Å². The summed E-state index contributed by atoms with van der Waals surface area (Å²) in [6.07, 6.45) is 0.702. The van der Waals surface area contributed by atoms with Gasteiger partial charge in [-0.25, -0.2) is 9.18 Å². The highest BCUT2D eigenvalue weighted by molar-refractivity contribution is 7.14. The summed E-state index contributed by atoms with van der Waals surface area (Å²) in [7, 11) is 0. The van der Waals surface area contributed by atoms with Crippen molar-refractivity contribution in [2.45, 2.75) is 12.8 Å². The van der Waals surface area contributed by atoms with E-state index in [9.17, 15) is 14.0 Å². The lowest BCUT2D eigenvalue weighted by molar-refractivity contribution is -0.138. The van der Waals surface area contributed by atoms with Crippen molar-refractivity contribution in [2.75, 3.05) is 5.32 Å². The summed E-state index contributed by atoms with van der Waals surface area (Å²) in [5.74, 6) is -1.07. The molecule has 1 N–H and O–H groups in total. The number of thiophene rings is 1. The Balaban J connectivity index is 1.84. The molecule has 1 aliphatic rings. The fourth-order valence-electron chi connectivity index (χ4n) is 0.998. The standard InChI is InChI=1S/C9H8FNO3S/c10-6-3-7(15-4-6)11-9(13)14-8(12)5-1-2-5/h3-5H,1-2H2,(H,11,13). The molecule has 4 nitrogen and oxygen atoms in total. The zero-order valence-electron chi connectivity index (χ0n) is 7.66. The molecule has 15 heavy (non-hydrogen) atoms. The van der Waals surface area contributed by atoms with Crippen molar-refractivity contribution in [2.24, 2.45) is 5.92 Å². The predicted molar refractivity (Wildman–Crippen MR) is 52.1 cm³/mol. The van der Waals surface area contributed by atoms with E-state index < -0.39 is 17.9 Å². The van der Waals surface area contributed by atoms with Crippen molar-refractivity contribution in [3.63, 3.8) is 0 Å². The van der Waals surface area contributed by atoms with Crippen LogP contribution in [0, 0.1) is 11.7 Å². The summed E-state index contributed by atoms with van der Waals surface area (Å²) in [4.78, 5) is 22.2. The van der Waals surface area contributed by atoms with Crippen LogP contribution in [-0.2, 0) is 9.53 Å². The van der Waals surface area contributed by atoms with Crippen molar-refractivity contribution in [1.29, 1.82) is 0 Å². The topological polar surface area (TPSA) is 55.4 Å². The fourth-order valence-corrected chi connectivity index (χ4v) is 1.63. The molecule has 1 aliphatic carbocycles. The summed E-state index contributed by atoms with van der Waals surface area (Å²) in [6, 6.07) is 1.16. The predicted octanol–water partition coefficient (Wildman–Crippen LogP) is 2.37. The second-order valence-corrected chi connectivity index (χ2v) is 4.15. The van der Waals surface area contributed by atoms with Crippen LogP contribution < -0.4 is 5.32 Å². The summed E-state index contributed by atoms with van der Waals surface area (Å²) in [6.45, 7) is 0. The normalized spacial score (nSPS) is 14.7. The van der Waals surface area contributed by atoms with E-state index in [1.807, 2.05) is 0 Å². The Labute approximate surface area is 89.0 Å². The molecule has 1 saturated carbocycles. The number of carbonyl (C=O) groups excluding carboxylic acids is 2. The van der Waals surface area contributed by atoms with Crippen LogP contribution in [0.2, 0.25) is 0 Å². The zero-order chi connectivity index (χ0) is 10.8. The Hall–Kier alpha value is -1.43. The highest BCUT2D eigenvalue weighted by atomic mass is 32.1. The lowest BCUT2D eigenvalue weighted by Crippen LogP contribution is -2.18.